The molecule has 0 spiro atoms. The van der Waals surface area contributed by atoms with Crippen LogP contribution in [0.5, 0.6) is 0 Å². The molecule has 0 saturated carbocycles. The van der Waals surface area contributed by atoms with Gasteiger partial charge in [0.2, 0.25) is 0 Å². The van der Waals surface area contributed by atoms with E-state index in [1.165, 1.54) is 11.3 Å². The lowest BCUT2D eigenvalue weighted by atomic mass is 10.3. The Bertz CT molecular complexity index is 860. The Hall–Kier alpha value is -1.37. The van der Waals surface area contributed by atoms with Crippen molar-refractivity contribution in [3.63, 3.8) is 0 Å². The van der Waals surface area contributed by atoms with Crippen LogP contribution in [0.3, 0.4) is 0 Å². The molecular formula is C13H10N2OS3. The average molecular weight is 306 g/mol. The summed E-state index contributed by atoms with van der Waals surface area (Å²) in [5.74, 6) is 0. The molecule has 3 rings (SSSR count). The topological polar surface area (TPSA) is 37.8 Å². The average Bonchev–Trinajstić information content (AvgIpc) is 2.87. The van der Waals surface area contributed by atoms with E-state index in [-0.39, 0.29) is 5.56 Å². The summed E-state index contributed by atoms with van der Waals surface area (Å²) in [5.41, 5.74) is 0.760. The molecule has 0 unspecified atom stereocenters. The SMILES string of the molecule is CSc1ccccc1-n1c(=S)[nH]c2sccc2c1=O. The highest BCUT2D eigenvalue weighted by Crippen LogP contribution is 2.24. The van der Waals surface area contributed by atoms with Gasteiger partial charge in [-0.1, -0.05) is 12.1 Å². The first-order chi connectivity index (χ1) is 9.22. The largest absolute Gasteiger partial charge is 0.323 e. The standard InChI is InChI=1S/C13H10N2OS3/c1-18-10-5-3-2-4-9(10)15-12(16)8-6-7-19-11(8)14-13(15)17/h2-7H,1H3,(H,14,17). The highest BCUT2D eigenvalue weighted by atomic mass is 32.2. The molecule has 0 radical (unpaired) electrons. The molecule has 1 N–H and O–H groups in total. The van der Waals surface area contributed by atoms with Crippen molar-refractivity contribution in [2.75, 3.05) is 6.26 Å². The number of rotatable bonds is 2. The van der Waals surface area contributed by atoms with Crippen LogP contribution in [0.25, 0.3) is 15.9 Å². The summed E-state index contributed by atoms with van der Waals surface area (Å²) in [4.78, 5) is 17.5. The zero-order chi connectivity index (χ0) is 13.4. The van der Waals surface area contributed by atoms with Gasteiger partial charge in [0.25, 0.3) is 5.56 Å². The Labute approximate surface area is 122 Å². The van der Waals surface area contributed by atoms with Crippen molar-refractivity contribution < 1.29 is 0 Å². The van der Waals surface area contributed by atoms with Gasteiger partial charge in [-0.25, -0.2) is 0 Å². The second-order valence-corrected chi connectivity index (χ2v) is 6.06. The fourth-order valence-electron chi connectivity index (χ4n) is 1.97. The molecule has 2 heterocycles. The van der Waals surface area contributed by atoms with E-state index in [2.05, 4.69) is 4.98 Å². The van der Waals surface area contributed by atoms with Crippen molar-refractivity contribution in [3.8, 4) is 5.69 Å². The number of hydrogen-bond donors (Lipinski definition) is 1. The van der Waals surface area contributed by atoms with E-state index in [9.17, 15) is 4.79 Å². The molecule has 1 aromatic carbocycles. The highest BCUT2D eigenvalue weighted by Gasteiger charge is 2.10. The van der Waals surface area contributed by atoms with Gasteiger partial charge in [-0.15, -0.1) is 23.1 Å². The van der Waals surface area contributed by atoms with Gasteiger partial charge >= 0.3 is 0 Å². The summed E-state index contributed by atoms with van der Waals surface area (Å²) in [6.07, 6.45) is 1.99. The fourth-order valence-corrected chi connectivity index (χ4v) is 3.68. The number of nitrogens with one attached hydrogen (secondary N) is 1. The van der Waals surface area contributed by atoms with E-state index in [0.717, 1.165) is 15.4 Å². The maximum Gasteiger partial charge on any atom is 0.267 e. The van der Waals surface area contributed by atoms with Gasteiger partial charge < -0.3 is 4.98 Å². The van der Waals surface area contributed by atoms with Crippen molar-refractivity contribution in [2.45, 2.75) is 4.90 Å². The second kappa shape index (κ2) is 4.96. The minimum Gasteiger partial charge on any atom is -0.323 e. The van der Waals surface area contributed by atoms with Gasteiger partial charge in [0.15, 0.2) is 4.77 Å². The number of H-pyrrole nitrogens is 1. The van der Waals surface area contributed by atoms with Crippen LogP contribution in [0.2, 0.25) is 0 Å². The van der Waals surface area contributed by atoms with Crippen molar-refractivity contribution in [2.24, 2.45) is 0 Å². The second-order valence-electron chi connectivity index (χ2n) is 3.91. The van der Waals surface area contributed by atoms with Gasteiger partial charge in [-0.05, 0) is 42.1 Å². The van der Waals surface area contributed by atoms with E-state index < -0.39 is 0 Å². The van der Waals surface area contributed by atoms with Gasteiger partial charge in [-0.2, -0.15) is 0 Å². The smallest absolute Gasteiger partial charge is 0.267 e. The number of nitrogens with zero attached hydrogens (tertiary/aromatic N) is 1. The van der Waals surface area contributed by atoms with Crippen molar-refractivity contribution >= 4 is 45.5 Å². The first-order valence-electron chi connectivity index (χ1n) is 5.58. The number of aromatic amines is 1. The minimum absolute atomic E-state index is 0.0681. The van der Waals surface area contributed by atoms with Gasteiger partial charge in [-0.3, -0.25) is 9.36 Å². The Morgan fingerprint density at radius 3 is 2.89 bits per heavy atom. The van der Waals surface area contributed by atoms with E-state index in [4.69, 9.17) is 12.2 Å². The summed E-state index contributed by atoms with van der Waals surface area (Å²) >= 11 is 8.41. The quantitative estimate of drug-likeness (QED) is 0.577. The molecule has 0 amide bonds. The fraction of sp³-hybridized carbons (Fsp3) is 0.0769. The number of thioether (sulfide) groups is 1. The number of fused-ring (bicyclic) bond motifs is 1. The first-order valence-corrected chi connectivity index (χ1v) is 8.09. The van der Waals surface area contributed by atoms with E-state index >= 15 is 0 Å². The maximum atomic E-state index is 12.6. The third-order valence-corrected chi connectivity index (χ3v) is 4.75. The molecule has 3 aromatic rings. The molecule has 0 saturated heterocycles. The lowest BCUT2D eigenvalue weighted by Gasteiger charge is -2.10. The first kappa shape index (κ1) is 12.7. The molecule has 0 atom stereocenters. The molecule has 96 valence electrons. The molecule has 0 aliphatic heterocycles. The Morgan fingerprint density at radius 1 is 1.32 bits per heavy atom. The minimum atomic E-state index is -0.0681. The predicted molar refractivity (Wildman–Crippen MR) is 84.4 cm³/mol. The van der Waals surface area contributed by atoms with Gasteiger partial charge in [0, 0.05) is 4.90 Å². The molecule has 2 aromatic heterocycles. The highest BCUT2D eigenvalue weighted by molar-refractivity contribution is 7.98. The van der Waals surface area contributed by atoms with E-state index in [1.807, 2.05) is 42.0 Å². The molecule has 6 heteroatoms. The van der Waals surface area contributed by atoms with Crippen LogP contribution in [0.1, 0.15) is 0 Å². The van der Waals surface area contributed by atoms with Gasteiger partial charge in [0.1, 0.15) is 4.83 Å². The summed E-state index contributed by atoms with van der Waals surface area (Å²) in [6, 6.07) is 9.59. The van der Waals surface area contributed by atoms with Crippen LogP contribution in [0.4, 0.5) is 0 Å². The molecule has 0 bridgehead atoms. The zero-order valence-electron chi connectivity index (χ0n) is 10.0. The third kappa shape index (κ3) is 2.05. The Kier molecular flexibility index (Phi) is 3.30. The van der Waals surface area contributed by atoms with Crippen molar-refractivity contribution in [1.82, 2.24) is 9.55 Å². The summed E-state index contributed by atoms with van der Waals surface area (Å²) in [6.45, 7) is 0. The normalized spacial score (nSPS) is 11.0. The van der Waals surface area contributed by atoms with Gasteiger partial charge in [0.05, 0.1) is 11.1 Å². The van der Waals surface area contributed by atoms with Crippen LogP contribution in [-0.2, 0) is 0 Å². The molecule has 3 nitrogen and oxygen atoms in total. The van der Waals surface area contributed by atoms with E-state index in [0.29, 0.717) is 10.2 Å². The monoisotopic (exact) mass is 306 g/mol. The Morgan fingerprint density at radius 2 is 2.11 bits per heavy atom. The number of aromatic nitrogens is 2. The van der Waals surface area contributed by atoms with Crippen LogP contribution >= 0.6 is 35.3 Å². The summed E-state index contributed by atoms with van der Waals surface area (Å²) in [7, 11) is 0. The molecule has 19 heavy (non-hydrogen) atoms. The van der Waals surface area contributed by atoms with Crippen LogP contribution < -0.4 is 5.56 Å². The number of thiophene rings is 1. The summed E-state index contributed by atoms with van der Waals surface area (Å²) in [5, 5.41) is 2.57. The lowest BCUT2D eigenvalue weighted by Crippen LogP contribution is -2.20. The van der Waals surface area contributed by atoms with Crippen LogP contribution in [0, 0.1) is 4.77 Å². The maximum absolute atomic E-state index is 12.6. The van der Waals surface area contributed by atoms with E-state index in [1.54, 1.807) is 16.3 Å². The molecule has 0 aliphatic carbocycles. The Balaban J connectivity index is 2.43. The third-order valence-electron chi connectivity index (χ3n) is 2.85. The zero-order valence-corrected chi connectivity index (χ0v) is 12.5. The number of benzene rings is 1. The molecular weight excluding hydrogens is 296 g/mol. The van der Waals surface area contributed by atoms with Crippen molar-refractivity contribution in [3.05, 3.63) is 50.8 Å². The number of hydrogen-bond acceptors (Lipinski definition) is 4. The van der Waals surface area contributed by atoms with Crippen molar-refractivity contribution in [1.29, 1.82) is 0 Å². The number of para-hydroxylation sites is 1. The predicted octanol–water partition coefficient (Wildman–Crippen LogP) is 3.83. The summed E-state index contributed by atoms with van der Waals surface area (Å²) < 4.78 is 2.00. The lowest BCUT2D eigenvalue weighted by molar-refractivity contribution is 0.922. The van der Waals surface area contributed by atoms with Crippen LogP contribution in [-0.4, -0.2) is 15.8 Å². The molecule has 0 aliphatic rings. The van der Waals surface area contributed by atoms with Crippen LogP contribution in [0.15, 0.2) is 45.4 Å². The molecule has 0 fully saturated rings.